The summed E-state index contributed by atoms with van der Waals surface area (Å²) >= 11 is 0. The number of hydrogen-bond donors (Lipinski definition) is 1. The van der Waals surface area contributed by atoms with Gasteiger partial charge in [0.15, 0.2) is 9.84 Å². The molecule has 1 aliphatic heterocycles. The first-order valence-corrected chi connectivity index (χ1v) is 5.42. The largest absolute Gasteiger partial charge is 0.351 e. The van der Waals surface area contributed by atoms with Crippen molar-refractivity contribution < 1.29 is 13.2 Å². The van der Waals surface area contributed by atoms with E-state index in [1.165, 1.54) is 6.92 Å². The summed E-state index contributed by atoms with van der Waals surface area (Å²) in [6.07, 6.45) is 0. The molecule has 0 aromatic carbocycles. The highest BCUT2D eigenvalue weighted by atomic mass is 32.2. The van der Waals surface area contributed by atoms with Gasteiger partial charge in [0.25, 0.3) is 0 Å². The Morgan fingerprint density at radius 2 is 2.00 bits per heavy atom. The average Bonchev–Trinajstić information content (AvgIpc) is 1.85. The number of carbonyl (C=O) groups is 1. The molecule has 1 N–H and O–H groups in total. The summed E-state index contributed by atoms with van der Waals surface area (Å²) in [5.41, 5.74) is 0. The zero-order valence-electron chi connectivity index (χ0n) is 7.42. The van der Waals surface area contributed by atoms with Crippen LogP contribution in [0.2, 0.25) is 0 Å². The molecule has 0 aliphatic carbocycles. The van der Waals surface area contributed by atoms with E-state index >= 15 is 0 Å². The summed E-state index contributed by atoms with van der Waals surface area (Å²) in [5, 5.41) is 2.61. The van der Waals surface area contributed by atoms with Crippen molar-refractivity contribution in [3.63, 3.8) is 0 Å². The van der Waals surface area contributed by atoms with Crippen LogP contribution >= 0.6 is 0 Å². The second-order valence-corrected chi connectivity index (χ2v) is 6.25. The van der Waals surface area contributed by atoms with Gasteiger partial charge < -0.3 is 5.32 Å². The van der Waals surface area contributed by atoms with Gasteiger partial charge in [-0.25, -0.2) is 8.42 Å². The molecular formula is C7H13NO3S. The smallest absolute Gasteiger partial charge is 0.217 e. The van der Waals surface area contributed by atoms with Crippen molar-refractivity contribution >= 4 is 15.7 Å². The highest BCUT2D eigenvalue weighted by molar-refractivity contribution is 7.94. The number of hydrogen-bond acceptors (Lipinski definition) is 3. The summed E-state index contributed by atoms with van der Waals surface area (Å²) in [7, 11) is -2.97. The molecule has 0 aromatic heterocycles. The summed E-state index contributed by atoms with van der Waals surface area (Å²) in [4.78, 5) is 10.6. The molecule has 0 aromatic rings. The Bertz CT molecular complexity index is 305. The highest BCUT2D eigenvalue weighted by Gasteiger charge is 2.53. The molecule has 1 fully saturated rings. The third-order valence-electron chi connectivity index (χ3n) is 2.40. The van der Waals surface area contributed by atoms with Crippen LogP contribution in [-0.4, -0.2) is 30.9 Å². The first-order valence-electron chi connectivity index (χ1n) is 3.77. The Kier molecular flexibility index (Phi) is 1.94. The monoisotopic (exact) mass is 191 g/mol. The molecule has 1 atom stereocenters. The Labute approximate surface area is 72.3 Å². The van der Waals surface area contributed by atoms with E-state index in [4.69, 9.17) is 0 Å². The van der Waals surface area contributed by atoms with E-state index in [0.717, 1.165) is 0 Å². The van der Waals surface area contributed by atoms with Crippen LogP contribution in [0, 0.1) is 0 Å². The fraction of sp³-hybridized carbons (Fsp3) is 0.857. The molecule has 1 unspecified atom stereocenters. The van der Waals surface area contributed by atoms with Gasteiger partial charge in [-0.3, -0.25) is 4.79 Å². The van der Waals surface area contributed by atoms with Crippen molar-refractivity contribution in [2.24, 2.45) is 0 Å². The fourth-order valence-electron chi connectivity index (χ4n) is 1.21. The Morgan fingerprint density at radius 1 is 1.50 bits per heavy atom. The minimum Gasteiger partial charge on any atom is -0.351 e. The van der Waals surface area contributed by atoms with E-state index in [0.29, 0.717) is 0 Å². The second-order valence-electron chi connectivity index (χ2n) is 3.64. The van der Waals surface area contributed by atoms with E-state index in [9.17, 15) is 13.2 Å². The first-order chi connectivity index (χ1) is 5.27. The molecule has 0 radical (unpaired) electrons. The lowest BCUT2D eigenvalue weighted by molar-refractivity contribution is -0.119. The Morgan fingerprint density at radius 3 is 2.25 bits per heavy atom. The molecular weight excluding hydrogens is 178 g/mol. The molecule has 1 aliphatic rings. The number of rotatable bonds is 1. The van der Waals surface area contributed by atoms with Crippen molar-refractivity contribution in [3.05, 3.63) is 0 Å². The van der Waals surface area contributed by atoms with E-state index in [-0.39, 0.29) is 17.7 Å². The normalized spacial score (nSPS) is 30.4. The van der Waals surface area contributed by atoms with Gasteiger partial charge in [-0.1, -0.05) is 0 Å². The van der Waals surface area contributed by atoms with Crippen LogP contribution in [0.25, 0.3) is 0 Å². The molecule has 0 saturated carbocycles. The molecule has 70 valence electrons. The Balaban J connectivity index is 2.73. The van der Waals surface area contributed by atoms with Crippen LogP contribution in [0.15, 0.2) is 0 Å². The molecule has 0 spiro atoms. The maximum Gasteiger partial charge on any atom is 0.217 e. The van der Waals surface area contributed by atoms with Crippen LogP contribution < -0.4 is 5.32 Å². The van der Waals surface area contributed by atoms with Gasteiger partial charge in [0.1, 0.15) is 0 Å². The van der Waals surface area contributed by atoms with E-state index in [2.05, 4.69) is 5.32 Å². The average molecular weight is 191 g/mol. The minimum atomic E-state index is -2.97. The number of carbonyl (C=O) groups excluding carboxylic acids is 1. The van der Waals surface area contributed by atoms with Gasteiger partial charge in [-0.15, -0.1) is 0 Å². The molecule has 0 bridgehead atoms. The molecule has 12 heavy (non-hydrogen) atoms. The Hall–Kier alpha value is -0.580. The van der Waals surface area contributed by atoms with Crippen molar-refractivity contribution in [1.82, 2.24) is 5.32 Å². The molecule has 4 nitrogen and oxygen atoms in total. The van der Waals surface area contributed by atoms with Gasteiger partial charge in [0, 0.05) is 6.92 Å². The number of nitrogens with one attached hydrogen (secondary N) is 1. The first kappa shape index (κ1) is 9.51. The van der Waals surface area contributed by atoms with Crippen molar-refractivity contribution in [1.29, 1.82) is 0 Å². The fourth-order valence-corrected chi connectivity index (χ4v) is 2.86. The van der Waals surface area contributed by atoms with Crippen molar-refractivity contribution in [3.8, 4) is 0 Å². The van der Waals surface area contributed by atoms with Gasteiger partial charge in [-0.2, -0.15) is 0 Å². The standard InChI is InChI=1S/C7H13NO3S/c1-5(9)8-6-4-12(10,11)7(6,2)3/h6H,4H2,1-3H3,(H,8,9). The minimum absolute atomic E-state index is 0.0690. The third-order valence-corrected chi connectivity index (χ3v) is 5.06. The van der Waals surface area contributed by atoms with Crippen LogP contribution in [0.3, 0.4) is 0 Å². The predicted molar refractivity (Wildman–Crippen MR) is 45.5 cm³/mol. The van der Waals surface area contributed by atoms with Gasteiger partial charge in [0.2, 0.25) is 5.91 Å². The molecule has 1 heterocycles. The van der Waals surface area contributed by atoms with Crippen molar-refractivity contribution in [2.75, 3.05) is 5.75 Å². The third kappa shape index (κ3) is 1.22. The number of amides is 1. The van der Waals surface area contributed by atoms with E-state index in [1.54, 1.807) is 13.8 Å². The molecule has 1 saturated heterocycles. The van der Waals surface area contributed by atoms with Gasteiger partial charge in [0.05, 0.1) is 16.5 Å². The quantitative estimate of drug-likeness (QED) is 0.619. The topological polar surface area (TPSA) is 63.2 Å². The maximum absolute atomic E-state index is 11.2. The number of sulfone groups is 1. The summed E-state index contributed by atoms with van der Waals surface area (Å²) in [6.45, 7) is 4.65. The van der Waals surface area contributed by atoms with Crippen LogP contribution in [0.5, 0.6) is 0 Å². The van der Waals surface area contributed by atoms with Crippen molar-refractivity contribution in [2.45, 2.75) is 31.6 Å². The maximum atomic E-state index is 11.2. The summed E-state index contributed by atoms with van der Waals surface area (Å²) < 4.78 is 21.6. The van der Waals surface area contributed by atoms with Crippen LogP contribution in [0.1, 0.15) is 20.8 Å². The molecule has 1 rings (SSSR count). The lowest BCUT2D eigenvalue weighted by atomic mass is 10.0. The molecule has 5 heteroatoms. The lowest BCUT2D eigenvalue weighted by Gasteiger charge is -2.43. The van der Waals surface area contributed by atoms with Crippen LogP contribution in [0.4, 0.5) is 0 Å². The van der Waals surface area contributed by atoms with Gasteiger partial charge >= 0.3 is 0 Å². The predicted octanol–water partition coefficient (Wildman–Crippen LogP) is -0.302. The summed E-state index contributed by atoms with van der Waals surface area (Å²) in [5.74, 6) is -0.109. The second kappa shape index (κ2) is 2.45. The summed E-state index contributed by atoms with van der Waals surface area (Å²) in [6, 6.07) is -0.222. The SMILES string of the molecule is CC(=O)NC1CS(=O)(=O)C1(C)C. The zero-order chi connectivity index (χ0) is 9.57. The van der Waals surface area contributed by atoms with Gasteiger partial charge in [-0.05, 0) is 13.8 Å². The lowest BCUT2D eigenvalue weighted by Crippen LogP contribution is -2.66. The van der Waals surface area contributed by atoms with E-state index < -0.39 is 14.6 Å². The molecule has 1 amide bonds. The van der Waals surface area contributed by atoms with Crippen LogP contribution in [-0.2, 0) is 14.6 Å². The zero-order valence-corrected chi connectivity index (χ0v) is 8.23. The highest BCUT2D eigenvalue weighted by Crippen LogP contribution is 2.33. The van der Waals surface area contributed by atoms with E-state index in [1.807, 2.05) is 0 Å².